The number of hydrogen-bond donors (Lipinski definition) is 2. The zero-order valence-electron chi connectivity index (χ0n) is 8.77. The van der Waals surface area contributed by atoms with E-state index in [1.165, 1.54) is 0 Å². The molecular formula is C11H9BrN4S. The van der Waals surface area contributed by atoms with Crippen LogP contribution in [0.2, 0.25) is 0 Å². The van der Waals surface area contributed by atoms with Crippen molar-refractivity contribution < 1.29 is 0 Å². The maximum absolute atomic E-state index is 8.85. The van der Waals surface area contributed by atoms with Crippen LogP contribution < -0.4 is 11.1 Å². The second-order valence-corrected chi connectivity index (χ2v) is 5.13. The van der Waals surface area contributed by atoms with E-state index < -0.39 is 0 Å². The van der Waals surface area contributed by atoms with E-state index >= 15 is 0 Å². The Morgan fingerprint density at radius 1 is 1.53 bits per heavy atom. The number of halogens is 1. The highest BCUT2D eigenvalue weighted by Crippen LogP contribution is 2.25. The third-order valence-corrected chi connectivity index (χ3v) is 4.14. The number of rotatable bonds is 3. The molecule has 0 amide bonds. The monoisotopic (exact) mass is 308 g/mol. The minimum absolute atomic E-state index is 0.391. The Morgan fingerprint density at radius 3 is 3.00 bits per heavy atom. The van der Waals surface area contributed by atoms with Gasteiger partial charge in [-0.3, -0.25) is 0 Å². The molecule has 0 radical (unpaired) electrons. The molecule has 2 aromatic rings. The highest BCUT2D eigenvalue weighted by atomic mass is 79.9. The molecular weight excluding hydrogens is 300 g/mol. The van der Waals surface area contributed by atoms with E-state index in [1.54, 1.807) is 23.6 Å². The van der Waals surface area contributed by atoms with E-state index in [1.807, 2.05) is 17.5 Å². The van der Waals surface area contributed by atoms with Gasteiger partial charge in [0.1, 0.15) is 6.07 Å². The van der Waals surface area contributed by atoms with Crippen LogP contribution in [0.4, 0.5) is 11.5 Å². The van der Waals surface area contributed by atoms with Crippen molar-refractivity contribution in [2.45, 2.75) is 6.54 Å². The Morgan fingerprint density at radius 2 is 2.35 bits per heavy atom. The first-order valence-electron chi connectivity index (χ1n) is 4.82. The summed E-state index contributed by atoms with van der Waals surface area (Å²) >= 11 is 5.09. The van der Waals surface area contributed by atoms with Gasteiger partial charge in [-0.1, -0.05) is 0 Å². The summed E-state index contributed by atoms with van der Waals surface area (Å²) in [6.07, 6.45) is 1.57. The number of nitrogens with two attached hydrogens (primary N) is 1. The van der Waals surface area contributed by atoms with Crippen LogP contribution in [-0.2, 0) is 6.54 Å². The second-order valence-electron chi connectivity index (χ2n) is 3.28. The van der Waals surface area contributed by atoms with Gasteiger partial charge < -0.3 is 11.1 Å². The summed E-state index contributed by atoms with van der Waals surface area (Å²) in [5.74, 6) is 0.546. The zero-order chi connectivity index (χ0) is 12.3. The van der Waals surface area contributed by atoms with E-state index in [0.29, 0.717) is 23.6 Å². The molecule has 0 aromatic carbocycles. The fourth-order valence-electron chi connectivity index (χ4n) is 1.33. The van der Waals surface area contributed by atoms with Crippen molar-refractivity contribution in [3.05, 3.63) is 38.6 Å². The molecule has 2 heterocycles. The quantitative estimate of drug-likeness (QED) is 0.914. The number of aromatic nitrogens is 1. The van der Waals surface area contributed by atoms with Crippen LogP contribution in [0.1, 0.15) is 10.4 Å². The lowest BCUT2D eigenvalue weighted by Crippen LogP contribution is -2.05. The molecule has 0 aliphatic carbocycles. The van der Waals surface area contributed by atoms with E-state index in [-0.39, 0.29) is 0 Å². The summed E-state index contributed by atoms with van der Waals surface area (Å²) in [5.41, 5.74) is 6.64. The molecule has 0 saturated heterocycles. The van der Waals surface area contributed by atoms with Gasteiger partial charge >= 0.3 is 0 Å². The van der Waals surface area contributed by atoms with Gasteiger partial charge in [-0.25, -0.2) is 4.98 Å². The van der Waals surface area contributed by atoms with Crippen LogP contribution in [-0.4, -0.2) is 4.98 Å². The maximum atomic E-state index is 8.85. The first-order valence-corrected chi connectivity index (χ1v) is 6.50. The predicted octanol–water partition coefficient (Wildman–Crippen LogP) is 2.97. The Labute approximate surface area is 111 Å². The van der Waals surface area contributed by atoms with Crippen molar-refractivity contribution in [3.63, 3.8) is 0 Å². The Balaban J connectivity index is 2.15. The first-order chi connectivity index (χ1) is 8.22. The lowest BCUT2D eigenvalue weighted by Gasteiger charge is -2.08. The highest BCUT2D eigenvalue weighted by molar-refractivity contribution is 9.10. The summed E-state index contributed by atoms with van der Waals surface area (Å²) in [6.45, 7) is 0.629. The molecule has 4 nitrogen and oxygen atoms in total. The summed E-state index contributed by atoms with van der Waals surface area (Å²) in [4.78, 5) is 5.28. The molecule has 2 aromatic heterocycles. The summed E-state index contributed by atoms with van der Waals surface area (Å²) in [7, 11) is 0. The van der Waals surface area contributed by atoms with Gasteiger partial charge in [0.2, 0.25) is 0 Å². The van der Waals surface area contributed by atoms with Crippen molar-refractivity contribution in [2.75, 3.05) is 11.1 Å². The van der Waals surface area contributed by atoms with Gasteiger partial charge in [0.05, 0.1) is 17.8 Å². The molecule has 0 fully saturated rings. The third-order valence-electron chi connectivity index (χ3n) is 2.22. The van der Waals surface area contributed by atoms with Gasteiger partial charge in [-0.05, 0) is 33.4 Å². The van der Waals surface area contributed by atoms with E-state index in [4.69, 9.17) is 11.0 Å². The van der Waals surface area contributed by atoms with Crippen LogP contribution in [0.15, 0.2) is 28.2 Å². The number of nitrogens with one attached hydrogen (secondary N) is 1. The lowest BCUT2D eigenvalue weighted by molar-refractivity contribution is 1.13. The topological polar surface area (TPSA) is 74.7 Å². The fourth-order valence-corrected chi connectivity index (χ4v) is 2.76. The summed E-state index contributed by atoms with van der Waals surface area (Å²) in [6, 6.07) is 5.62. The van der Waals surface area contributed by atoms with Crippen LogP contribution in [0.25, 0.3) is 0 Å². The van der Waals surface area contributed by atoms with E-state index in [0.717, 1.165) is 9.35 Å². The molecule has 17 heavy (non-hydrogen) atoms. The zero-order valence-corrected chi connectivity index (χ0v) is 11.2. The number of thiophene rings is 1. The van der Waals surface area contributed by atoms with Crippen molar-refractivity contribution in [1.29, 1.82) is 5.26 Å². The smallest absolute Gasteiger partial charge is 0.150 e. The predicted molar refractivity (Wildman–Crippen MR) is 72.7 cm³/mol. The second kappa shape index (κ2) is 5.17. The number of nitriles is 1. The molecule has 2 rings (SSSR count). The van der Waals surface area contributed by atoms with Crippen LogP contribution in [0, 0.1) is 11.3 Å². The number of hydrogen-bond acceptors (Lipinski definition) is 5. The average Bonchev–Trinajstić information content (AvgIpc) is 2.74. The minimum Gasteiger partial charge on any atom is -0.395 e. The van der Waals surface area contributed by atoms with Crippen molar-refractivity contribution in [2.24, 2.45) is 0 Å². The Kier molecular flexibility index (Phi) is 3.61. The molecule has 86 valence electrons. The summed E-state index contributed by atoms with van der Waals surface area (Å²) < 4.78 is 1.06. The fraction of sp³-hybridized carbons (Fsp3) is 0.0909. The number of pyridine rings is 1. The number of nitrogen functional groups attached to an aromatic ring is 1. The maximum Gasteiger partial charge on any atom is 0.150 e. The number of nitrogens with zero attached hydrogens (tertiary/aromatic N) is 2. The summed E-state index contributed by atoms with van der Waals surface area (Å²) in [5, 5.41) is 14.0. The Hall–Kier alpha value is -1.58. The standard InChI is InChI=1S/C11H9BrN4S/c12-8-2-4-17-9(8)6-16-11-10(14)7(5-13)1-3-15-11/h1-4H,6,14H2,(H,15,16). The normalized spacial score (nSPS) is 9.88. The largest absolute Gasteiger partial charge is 0.395 e. The van der Waals surface area contributed by atoms with Gasteiger partial charge in [0, 0.05) is 15.5 Å². The van der Waals surface area contributed by atoms with Gasteiger partial charge in [-0.2, -0.15) is 5.26 Å². The number of anilines is 2. The van der Waals surface area contributed by atoms with Crippen LogP contribution in [0.3, 0.4) is 0 Å². The SMILES string of the molecule is N#Cc1ccnc(NCc2sccc2Br)c1N. The molecule has 6 heteroatoms. The molecule has 0 saturated carbocycles. The molecule has 0 spiro atoms. The van der Waals surface area contributed by atoms with E-state index in [2.05, 4.69) is 26.2 Å². The van der Waals surface area contributed by atoms with Crippen LogP contribution >= 0.6 is 27.3 Å². The molecule has 0 aliphatic rings. The molecule has 0 unspecified atom stereocenters. The lowest BCUT2D eigenvalue weighted by atomic mass is 10.2. The third kappa shape index (κ3) is 2.57. The van der Waals surface area contributed by atoms with Gasteiger partial charge in [0.25, 0.3) is 0 Å². The molecule has 3 N–H and O–H groups in total. The first kappa shape index (κ1) is 11.9. The molecule has 0 atom stereocenters. The van der Waals surface area contributed by atoms with Crippen molar-refractivity contribution in [1.82, 2.24) is 4.98 Å². The van der Waals surface area contributed by atoms with Gasteiger partial charge in [0.15, 0.2) is 5.82 Å². The van der Waals surface area contributed by atoms with Crippen LogP contribution in [0.5, 0.6) is 0 Å². The van der Waals surface area contributed by atoms with Crippen molar-refractivity contribution in [3.8, 4) is 6.07 Å². The molecule has 0 bridgehead atoms. The minimum atomic E-state index is 0.391. The highest BCUT2D eigenvalue weighted by Gasteiger charge is 2.07. The molecule has 0 aliphatic heterocycles. The van der Waals surface area contributed by atoms with Gasteiger partial charge in [-0.15, -0.1) is 11.3 Å². The Bertz CT molecular complexity index is 573. The van der Waals surface area contributed by atoms with Crippen molar-refractivity contribution >= 4 is 38.8 Å². The van der Waals surface area contributed by atoms with E-state index in [9.17, 15) is 0 Å². The average molecular weight is 309 g/mol.